The fourth-order valence-electron chi connectivity index (χ4n) is 1.49. The number of carbonyl (C=O) groups excluding carboxylic acids is 1. The molecule has 0 aromatic heterocycles. The summed E-state index contributed by atoms with van der Waals surface area (Å²) in [7, 11) is 0. The first-order chi connectivity index (χ1) is 5.82. The molecule has 0 fully saturated rings. The molecule has 0 aliphatic carbocycles. The minimum atomic E-state index is -0.344. The largest absolute Gasteiger partial charge is 0.348 e. The second-order valence-corrected chi connectivity index (χ2v) is 4.04. The van der Waals surface area contributed by atoms with Crippen molar-refractivity contribution >= 4 is 11.9 Å². The van der Waals surface area contributed by atoms with E-state index in [1.54, 1.807) is 6.92 Å². The average molecular weight is 181 g/mol. The predicted molar refractivity (Wildman–Crippen MR) is 52.4 cm³/mol. The van der Waals surface area contributed by atoms with Crippen molar-refractivity contribution in [2.75, 3.05) is 0 Å². The van der Waals surface area contributed by atoms with Crippen LogP contribution in [0.5, 0.6) is 0 Å². The molecule has 0 saturated heterocycles. The second kappa shape index (κ2) is 2.87. The van der Waals surface area contributed by atoms with Gasteiger partial charge in [0.1, 0.15) is 11.7 Å². The lowest BCUT2D eigenvalue weighted by Crippen LogP contribution is -2.51. The molecular formula is C9H15N3O. The number of hydrogen-bond acceptors (Lipinski definition) is 2. The van der Waals surface area contributed by atoms with Crippen LogP contribution in [0, 0.1) is 0 Å². The van der Waals surface area contributed by atoms with E-state index >= 15 is 0 Å². The maximum Gasteiger partial charge on any atom is 0.348 e. The van der Waals surface area contributed by atoms with Crippen molar-refractivity contribution in [1.29, 1.82) is 0 Å². The highest BCUT2D eigenvalue weighted by Crippen LogP contribution is 2.20. The zero-order valence-electron chi connectivity index (χ0n) is 8.51. The molecule has 4 heteroatoms. The highest BCUT2D eigenvalue weighted by atomic mass is 16.2. The number of carbonyl (C=O) groups is 1. The Labute approximate surface area is 78.3 Å². The number of rotatable bonds is 0. The lowest BCUT2D eigenvalue weighted by atomic mass is 10.1. The average Bonchev–Trinajstić information content (AvgIpc) is 1.78. The molecule has 0 atom stereocenters. The standard InChI is InChI=1S/C9H15N3O/c1-6-10-8(13)11-7(2)12(6)9(3,4)5/h1H2,2-5H3,(H,10,13). The van der Waals surface area contributed by atoms with Gasteiger partial charge in [-0.2, -0.15) is 4.99 Å². The molecule has 1 aliphatic rings. The van der Waals surface area contributed by atoms with E-state index < -0.39 is 0 Å². The predicted octanol–water partition coefficient (Wildman–Crippen LogP) is 1.70. The lowest BCUT2D eigenvalue weighted by Gasteiger charge is -2.39. The number of urea groups is 1. The third-order valence-electron chi connectivity index (χ3n) is 1.78. The maximum absolute atomic E-state index is 11.0. The molecule has 1 aliphatic heterocycles. The fraction of sp³-hybridized carbons (Fsp3) is 0.556. The van der Waals surface area contributed by atoms with E-state index in [1.807, 2.05) is 25.7 Å². The van der Waals surface area contributed by atoms with Crippen molar-refractivity contribution in [2.45, 2.75) is 33.2 Å². The summed E-state index contributed by atoms with van der Waals surface area (Å²) < 4.78 is 0. The smallest absolute Gasteiger partial charge is 0.311 e. The van der Waals surface area contributed by atoms with Gasteiger partial charge in [0, 0.05) is 5.54 Å². The first-order valence-electron chi connectivity index (χ1n) is 4.18. The van der Waals surface area contributed by atoms with Crippen LogP contribution in [0.1, 0.15) is 27.7 Å². The Morgan fingerprint density at radius 2 is 2.00 bits per heavy atom. The molecule has 0 spiro atoms. The molecule has 1 rings (SSSR count). The first-order valence-corrected chi connectivity index (χ1v) is 4.18. The number of hydrogen-bond donors (Lipinski definition) is 1. The zero-order valence-corrected chi connectivity index (χ0v) is 8.51. The second-order valence-electron chi connectivity index (χ2n) is 4.04. The van der Waals surface area contributed by atoms with Gasteiger partial charge in [0.25, 0.3) is 0 Å². The molecule has 72 valence electrons. The number of amides is 2. The number of nitrogens with zero attached hydrogens (tertiary/aromatic N) is 2. The van der Waals surface area contributed by atoms with E-state index in [4.69, 9.17) is 0 Å². The van der Waals surface area contributed by atoms with E-state index in [2.05, 4.69) is 16.9 Å². The topological polar surface area (TPSA) is 44.7 Å². The van der Waals surface area contributed by atoms with Crippen LogP contribution in [0.4, 0.5) is 4.79 Å². The van der Waals surface area contributed by atoms with E-state index in [0.29, 0.717) is 11.7 Å². The van der Waals surface area contributed by atoms with Crippen molar-refractivity contribution in [3.63, 3.8) is 0 Å². The molecule has 0 saturated carbocycles. The summed E-state index contributed by atoms with van der Waals surface area (Å²) >= 11 is 0. The van der Waals surface area contributed by atoms with Crippen LogP contribution in [-0.2, 0) is 0 Å². The normalized spacial score (nSPS) is 18.5. The molecule has 1 N–H and O–H groups in total. The van der Waals surface area contributed by atoms with Crippen LogP contribution in [0.25, 0.3) is 0 Å². The highest BCUT2D eigenvalue weighted by Gasteiger charge is 2.29. The van der Waals surface area contributed by atoms with Gasteiger partial charge in [0.15, 0.2) is 0 Å². The van der Waals surface area contributed by atoms with Crippen molar-refractivity contribution in [2.24, 2.45) is 4.99 Å². The summed E-state index contributed by atoms with van der Waals surface area (Å²) in [5, 5.41) is 2.57. The number of nitrogens with one attached hydrogen (secondary N) is 1. The Kier molecular flexibility index (Phi) is 2.15. The van der Waals surface area contributed by atoms with Crippen LogP contribution in [0.2, 0.25) is 0 Å². The zero-order chi connectivity index (χ0) is 10.2. The van der Waals surface area contributed by atoms with Gasteiger partial charge in [0.2, 0.25) is 0 Å². The summed E-state index contributed by atoms with van der Waals surface area (Å²) in [4.78, 5) is 16.7. The van der Waals surface area contributed by atoms with Crippen molar-refractivity contribution in [3.05, 3.63) is 12.4 Å². The van der Waals surface area contributed by atoms with Crippen LogP contribution < -0.4 is 5.32 Å². The van der Waals surface area contributed by atoms with Crippen LogP contribution >= 0.6 is 0 Å². The monoisotopic (exact) mass is 181 g/mol. The Bertz CT molecular complexity index is 286. The van der Waals surface area contributed by atoms with Gasteiger partial charge in [-0.15, -0.1) is 0 Å². The van der Waals surface area contributed by atoms with Gasteiger partial charge in [-0.25, -0.2) is 4.79 Å². The summed E-state index contributed by atoms with van der Waals surface area (Å²) in [5.41, 5.74) is -0.113. The Balaban J connectivity index is 3.04. The van der Waals surface area contributed by atoms with Gasteiger partial charge in [-0.05, 0) is 27.7 Å². The summed E-state index contributed by atoms with van der Waals surface area (Å²) in [6.07, 6.45) is 0. The first kappa shape index (κ1) is 9.77. The Morgan fingerprint density at radius 3 is 2.38 bits per heavy atom. The highest BCUT2D eigenvalue weighted by molar-refractivity contribution is 5.97. The SMILES string of the molecule is C=C1NC(=O)N=C(C)N1C(C)(C)C. The molecule has 0 aromatic rings. The molecule has 2 amide bonds. The van der Waals surface area contributed by atoms with Crippen molar-refractivity contribution in [3.8, 4) is 0 Å². The van der Waals surface area contributed by atoms with Gasteiger partial charge >= 0.3 is 6.03 Å². The lowest BCUT2D eigenvalue weighted by molar-refractivity contribution is 0.231. The van der Waals surface area contributed by atoms with Gasteiger partial charge in [0.05, 0.1) is 0 Å². The minimum Gasteiger partial charge on any atom is -0.311 e. The van der Waals surface area contributed by atoms with E-state index in [-0.39, 0.29) is 11.6 Å². The van der Waals surface area contributed by atoms with Gasteiger partial charge in [-0.3, -0.25) is 5.32 Å². The molecule has 0 bridgehead atoms. The van der Waals surface area contributed by atoms with Crippen molar-refractivity contribution < 1.29 is 4.79 Å². The molecule has 0 aromatic carbocycles. The van der Waals surface area contributed by atoms with Crippen LogP contribution in [0.15, 0.2) is 17.4 Å². The van der Waals surface area contributed by atoms with E-state index in [1.165, 1.54) is 0 Å². The Morgan fingerprint density at radius 1 is 1.46 bits per heavy atom. The maximum atomic E-state index is 11.0. The van der Waals surface area contributed by atoms with Gasteiger partial charge < -0.3 is 4.90 Å². The summed E-state index contributed by atoms with van der Waals surface area (Å²) in [6.45, 7) is 11.7. The third kappa shape index (κ3) is 1.88. The molecule has 4 nitrogen and oxygen atoms in total. The minimum absolute atomic E-state index is 0.113. The molecule has 0 radical (unpaired) electrons. The van der Waals surface area contributed by atoms with E-state index in [9.17, 15) is 4.79 Å². The fourth-order valence-corrected chi connectivity index (χ4v) is 1.49. The Hall–Kier alpha value is -1.32. The number of aliphatic imine (C=N–C) groups is 1. The van der Waals surface area contributed by atoms with Gasteiger partial charge in [-0.1, -0.05) is 6.58 Å². The van der Waals surface area contributed by atoms with Crippen molar-refractivity contribution in [1.82, 2.24) is 10.2 Å². The molecule has 1 heterocycles. The summed E-state index contributed by atoms with van der Waals surface area (Å²) in [6, 6.07) is -0.344. The molecule has 13 heavy (non-hydrogen) atoms. The quantitative estimate of drug-likeness (QED) is 0.618. The molecule has 0 unspecified atom stereocenters. The third-order valence-corrected chi connectivity index (χ3v) is 1.78. The summed E-state index contributed by atoms with van der Waals surface area (Å²) in [5.74, 6) is 1.27. The molecular weight excluding hydrogens is 166 g/mol. The number of amidine groups is 1. The van der Waals surface area contributed by atoms with E-state index in [0.717, 1.165) is 0 Å². The van der Waals surface area contributed by atoms with Crippen LogP contribution in [-0.4, -0.2) is 22.3 Å². The van der Waals surface area contributed by atoms with Crippen LogP contribution in [0.3, 0.4) is 0 Å².